The van der Waals surface area contributed by atoms with Crippen LogP contribution in [0.3, 0.4) is 0 Å². The third kappa shape index (κ3) is 6.57. The molecule has 1 atom stereocenters. The second-order valence-corrected chi connectivity index (χ2v) is 4.10. The molecule has 0 bridgehead atoms. The quantitative estimate of drug-likeness (QED) is 0.559. The van der Waals surface area contributed by atoms with Gasteiger partial charge in [-0.15, -0.1) is 0 Å². The minimum absolute atomic E-state index is 0.557. The van der Waals surface area contributed by atoms with Gasteiger partial charge in [-0.1, -0.05) is 33.6 Å². The molecule has 0 aliphatic rings. The third-order valence-corrected chi connectivity index (χ3v) is 2.61. The first-order valence-corrected chi connectivity index (χ1v) is 5.55. The van der Waals surface area contributed by atoms with Crippen molar-refractivity contribution < 1.29 is 4.43 Å². The zero-order valence-corrected chi connectivity index (χ0v) is 10.4. The van der Waals surface area contributed by atoms with Crippen molar-refractivity contribution in [3.63, 3.8) is 0 Å². The summed E-state index contributed by atoms with van der Waals surface area (Å²) in [6.45, 7) is 6.76. The maximum Gasteiger partial charge on any atom is 0.146 e. The van der Waals surface area contributed by atoms with Crippen LogP contribution in [0.4, 0.5) is 0 Å². The molecule has 0 spiro atoms. The lowest BCUT2D eigenvalue weighted by molar-refractivity contribution is 0.177. The molecule has 0 saturated carbocycles. The van der Waals surface area contributed by atoms with E-state index in [-0.39, 0.29) is 0 Å². The highest BCUT2D eigenvalue weighted by atomic mass is 28.2. The Hall–Kier alpha value is 0.177. The van der Waals surface area contributed by atoms with Gasteiger partial charge in [-0.3, -0.25) is 0 Å². The molecule has 0 heterocycles. The lowest BCUT2D eigenvalue weighted by Gasteiger charge is -2.17. The first-order chi connectivity index (χ1) is 5.20. The summed E-state index contributed by atoms with van der Waals surface area (Å²) in [4.78, 5) is 0. The first-order valence-electron chi connectivity index (χ1n) is 4.73. The summed E-state index contributed by atoms with van der Waals surface area (Å²) in [7, 11) is 0.894. The summed E-state index contributed by atoms with van der Waals surface area (Å²) >= 11 is 0. The maximum absolute atomic E-state index is 5.50. The van der Waals surface area contributed by atoms with Crippen LogP contribution in [0.25, 0.3) is 0 Å². The first kappa shape index (κ1) is 11.2. The Morgan fingerprint density at radius 1 is 1.36 bits per heavy atom. The van der Waals surface area contributed by atoms with Crippen molar-refractivity contribution in [1.29, 1.82) is 0 Å². The molecule has 11 heavy (non-hydrogen) atoms. The van der Waals surface area contributed by atoms with E-state index in [0.29, 0.717) is 6.10 Å². The van der Waals surface area contributed by atoms with E-state index in [1.807, 2.05) is 0 Å². The van der Waals surface area contributed by atoms with Gasteiger partial charge < -0.3 is 4.43 Å². The molecule has 1 unspecified atom stereocenters. The molecule has 68 valence electrons. The van der Waals surface area contributed by atoms with E-state index in [0.717, 1.165) is 16.4 Å². The Labute approximate surface area is 74.1 Å². The Bertz CT molecular complexity index is 83.6. The SMILES string of the molecule is CCCCC(CC(C)C)O[SiH3]. The second kappa shape index (κ2) is 6.86. The van der Waals surface area contributed by atoms with Crippen LogP contribution in [0.15, 0.2) is 0 Å². The molecule has 0 aromatic rings. The van der Waals surface area contributed by atoms with Crippen LogP contribution < -0.4 is 0 Å². The predicted molar refractivity (Wildman–Crippen MR) is 53.8 cm³/mol. The van der Waals surface area contributed by atoms with Gasteiger partial charge in [-0.2, -0.15) is 0 Å². The van der Waals surface area contributed by atoms with Gasteiger partial charge in [0.15, 0.2) is 0 Å². The third-order valence-electron chi connectivity index (χ3n) is 1.95. The molecule has 0 radical (unpaired) electrons. The normalized spacial score (nSPS) is 14.2. The molecule has 0 aliphatic carbocycles. The van der Waals surface area contributed by atoms with Crippen LogP contribution >= 0.6 is 0 Å². The number of rotatable bonds is 6. The fourth-order valence-corrected chi connectivity index (χ4v) is 1.72. The number of unbranched alkanes of at least 4 members (excludes halogenated alkanes) is 1. The minimum Gasteiger partial charge on any atom is -0.425 e. The molecule has 0 rings (SSSR count). The van der Waals surface area contributed by atoms with Gasteiger partial charge >= 0.3 is 0 Å². The molecule has 0 fully saturated rings. The zero-order chi connectivity index (χ0) is 8.69. The van der Waals surface area contributed by atoms with Crippen LogP contribution in [-0.2, 0) is 4.43 Å². The molecule has 0 aliphatic heterocycles. The fraction of sp³-hybridized carbons (Fsp3) is 1.00. The van der Waals surface area contributed by atoms with E-state index < -0.39 is 0 Å². The van der Waals surface area contributed by atoms with Gasteiger partial charge in [0.2, 0.25) is 0 Å². The van der Waals surface area contributed by atoms with E-state index >= 15 is 0 Å². The van der Waals surface area contributed by atoms with Crippen LogP contribution in [0.1, 0.15) is 46.5 Å². The van der Waals surface area contributed by atoms with Crippen molar-refractivity contribution in [2.45, 2.75) is 52.6 Å². The molecular formula is C9H22OSi. The molecular weight excluding hydrogens is 152 g/mol. The Kier molecular flexibility index (Phi) is 6.97. The standard InChI is InChI=1S/C9H22OSi/c1-4-5-6-9(10-11)7-8(2)3/h8-9H,4-7H2,1-3,11H3. The lowest BCUT2D eigenvalue weighted by atomic mass is 10.0. The number of hydrogen-bond donors (Lipinski definition) is 0. The van der Waals surface area contributed by atoms with Gasteiger partial charge in [0.1, 0.15) is 10.5 Å². The van der Waals surface area contributed by atoms with Gasteiger partial charge in [-0.25, -0.2) is 0 Å². The van der Waals surface area contributed by atoms with Crippen molar-refractivity contribution >= 4 is 10.5 Å². The molecule has 0 aromatic heterocycles. The van der Waals surface area contributed by atoms with Crippen LogP contribution in [0, 0.1) is 5.92 Å². The summed E-state index contributed by atoms with van der Waals surface area (Å²) in [5.74, 6) is 0.783. The Morgan fingerprint density at radius 3 is 2.36 bits per heavy atom. The van der Waals surface area contributed by atoms with Crippen molar-refractivity contribution in [2.75, 3.05) is 0 Å². The minimum atomic E-state index is 0.557. The highest BCUT2D eigenvalue weighted by Gasteiger charge is 2.07. The fourth-order valence-electron chi connectivity index (χ4n) is 1.29. The monoisotopic (exact) mass is 174 g/mol. The molecule has 0 amide bonds. The highest BCUT2D eigenvalue weighted by molar-refractivity contribution is 5.98. The Balaban J connectivity index is 3.41. The smallest absolute Gasteiger partial charge is 0.146 e. The average molecular weight is 174 g/mol. The van der Waals surface area contributed by atoms with E-state index in [1.54, 1.807) is 0 Å². The summed E-state index contributed by atoms with van der Waals surface area (Å²) in [5, 5.41) is 0. The van der Waals surface area contributed by atoms with E-state index in [1.165, 1.54) is 25.7 Å². The van der Waals surface area contributed by atoms with E-state index in [9.17, 15) is 0 Å². The van der Waals surface area contributed by atoms with Crippen molar-refractivity contribution in [1.82, 2.24) is 0 Å². The summed E-state index contributed by atoms with van der Waals surface area (Å²) in [6.07, 6.45) is 5.67. The summed E-state index contributed by atoms with van der Waals surface area (Å²) in [6, 6.07) is 0. The summed E-state index contributed by atoms with van der Waals surface area (Å²) in [5.41, 5.74) is 0. The number of hydrogen-bond acceptors (Lipinski definition) is 1. The van der Waals surface area contributed by atoms with E-state index in [2.05, 4.69) is 20.8 Å². The molecule has 0 N–H and O–H groups in total. The van der Waals surface area contributed by atoms with Crippen LogP contribution in [0.5, 0.6) is 0 Å². The van der Waals surface area contributed by atoms with Gasteiger partial charge in [0.25, 0.3) is 0 Å². The van der Waals surface area contributed by atoms with Crippen LogP contribution in [0.2, 0.25) is 0 Å². The lowest BCUT2D eigenvalue weighted by Crippen LogP contribution is -2.13. The van der Waals surface area contributed by atoms with Gasteiger partial charge in [0, 0.05) is 6.10 Å². The second-order valence-electron chi connectivity index (χ2n) is 3.63. The summed E-state index contributed by atoms with van der Waals surface area (Å²) < 4.78 is 5.50. The maximum atomic E-state index is 5.50. The van der Waals surface area contributed by atoms with E-state index in [4.69, 9.17) is 4.43 Å². The largest absolute Gasteiger partial charge is 0.425 e. The van der Waals surface area contributed by atoms with Crippen molar-refractivity contribution in [3.8, 4) is 0 Å². The molecule has 0 aromatic carbocycles. The topological polar surface area (TPSA) is 9.23 Å². The Morgan fingerprint density at radius 2 is 2.00 bits per heavy atom. The molecule has 1 nitrogen and oxygen atoms in total. The predicted octanol–water partition coefficient (Wildman–Crippen LogP) is 1.89. The van der Waals surface area contributed by atoms with Crippen molar-refractivity contribution in [2.24, 2.45) is 5.92 Å². The average Bonchev–Trinajstić information content (AvgIpc) is 1.97. The van der Waals surface area contributed by atoms with Crippen molar-refractivity contribution in [3.05, 3.63) is 0 Å². The zero-order valence-electron chi connectivity index (χ0n) is 8.39. The molecule has 2 heteroatoms. The molecule has 0 saturated heterocycles. The van der Waals surface area contributed by atoms with Gasteiger partial charge in [-0.05, 0) is 18.8 Å². The highest BCUT2D eigenvalue weighted by Crippen LogP contribution is 2.13. The van der Waals surface area contributed by atoms with Gasteiger partial charge in [0.05, 0.1) is 0 Å². The van der Waals surface area contributed by atoms with Crippen LogP contribution in [-0.4, -0.2) is 16.6 Å².